The summed E-state index contributed by atoms with van der Waals surface area (Å²) < 4.78 is 1.98. The van der Waals surface area contributed by atoms with Gasteiger partial charge in [0.2, 0.25) is 0 Å². The van der Waals surface area contributed by atoms with E-state index in [-0.39, 0.29) is 0 Å². The molecule has 1 N–H and O–H groups in total. The molecule has 0 radical (unpaired) electrons. The van der Waals surface area contributed by atoms with E-state index in [9.17, 15) is 0 Å². The second-order valence-corrected chi connectivity index (χ2v) is 11.8. The zero-order valence-corrected chi connectivity index (χ0v) is 16.1. The van der Waals surface area contributed by atoms with Gasteiger partial charge in [0.1, 0.15) is 0 Å². The Bertz CT molecular complexity index is 1030. The van der Waals surface area contributed by atoms with Crippen LogP contribution in [-0.4, -0.2) is 0 Å². The third-order valence-electron chi connectivity index (χ3n) is 4.27. The summed E-state index contributed by atoms with van der Waals surface area (Å²) in [5, 5.41) is 13.1. The number of anilines is 2. The van der Waals surface area contributed by atoms with Crippen LogP contribution in [-0.2, 0) is 0 Å². The van der Waals surface area contributed by atoms with Crippen LogP contribution in [0.3, 0.4) is 0 Å². The molecule has 0 amide bonds. The Hall–Kier alpha value is -1.87. The normalized spacial score (nSPS) is 11.8. The molecule has 0 heterocycles. The molecule has 4 rings (SSSR count). The average Bonchev–Trinajstić information content (AvgIpc) is 2.61. The monoisotopic (exact) mass is 380 g/mol. The maximum absolute atomic E-state index is 8.68. The molecule has 4 aromatic rings. The van der Waals surface area contributed by atoms with Crippen molar-refractivity contribution >= 4 is 63.0 Å². The van der Waals surface area contributed by atoms with Crippen LogP contribution in [0.15, 0.2) is 84.9 Å². The highest BCUT2D eigenvalue weighted by Gasteiger charge is 2.23. The van der Waals surface area contributed by atoms with E-state index >= 15 is 0 Å². The van der Waals surface area contributed by atoms with E-state index < -0.39 is 5.61 Å². The lowest BCUT2D eigenvalue weighted by Crippen LogP contribution is -2.09. The first-order valence-corrected chi connectivity index (χ1v) is 12.0. The summed E-state index contributed by atoms with van der Waals surface area (Å²) in [6.07, 6.45) is 0. The van der Waals surface area contributed by atoms with Crippen molar-refractivity contribution in [1.29, 1.82) is 5.16 Å². The van der Waals surface area contributed by atoms with Gasteiger partial charge < -0.3 is 0 Å². The van der Waals surface area contributed by atoms with Gasteiger partial charge in [-0.1, -0.05) is 72.8 Å². The first-order chi connectivity index (χ1) is 12.1. The highest BCUT2D eigenvalue weighted by molar-refractivity contribution is 8.81. The molecule has 25 heavy (non-hydrogen) atoms. The number of rotatable bonds is 3. The summed E-state index contributed by atoms with van der Waals surface area (Å²) >= 11 is 9.18. The summed E-state index contributed by atoms with van der Waals surface area (Å²) in [5.74, 6) is 0. The molecule has 124 valence electrons. The number of benzene rings is 4. The van der Waals surface area contributed by atoms with Crippen LogP contribution in [0.1, 0.15) is 0 Å². The molecular formula is C20H17N2PS2. The predicted molar refractivity (Wildman–Crippen MR) is 118 cm³/mol. The first-order valence-electron chi connectivity index (χ1n) is 7.91. The van der Waals surface area contributed by atoms with Crippen LogP contribution in [0.2, 0.25) is 0 Å². The molecule has 0 fully saturated rings. The molecule has 0 aliphatic rings. The van der Waals surface area contributed by atoms with Gasteiger partial charge in [0.25, 0.3) is 0 Å². The van der Waals surface area contributed by atoms with Gasteiger partial charge in [-0.2, -0.15) is 0 Å². The SMILES string of the molecule is N=P(S)(S)N(c1cccc2ccccc12)c1cccc2ccccc12. The van der Waals surface area contributed by atoms with Crippen molar-refractivity contribution in [2.24, 2.45) is 0 Å². The highest BCUT2D eigenvalue weighted by atomic mass is 33.1. The Morgan fingerprint density at radius 3 is 1.44 bits per heavy atom. The molecule has 0 aliphatic heterocycles. The third kappa shape index (κ3) is 3.06. The van der Waals surface area contributed by atoms with Gasteiger partial charge in [0.15, 0.2) is 5.61 Å². The first kappa shape index (κ1) is 16.6. The summed E-state index contributed by atoms with van der Waals surface area (Å²) in [7, 11) is 0. The van der Waals surface area contributed by atoms with Crippen molar-refractivity contribution in [2.45, 2.75) is 0 Å². The summed E-state index contributed by atoms with van der Waals surface area (Å²) in [6, 6.07) is 28.7. The van der Waals surface area contributed by atoms with Gasteiger partial charge in [-0.25, -0.2) is 0 Å². The molecule has 0 aliphatic carbocycles. The number of nitrogens with zero attached hydrogens (tertiary/aromatic N) is 1. The largest absolute Gasteiger partial charge is 0.291 e. The summed E-state index contributed by atoms with van der Waals surface area (Å²) in [5.41, 5.74) is -0.784. The third-order valence-corrected chi connectivity index (χ3v) is 6.33. The Morgan fingerprint density at radius 1 is 0.600 bits per heavy atom. The Balaban J connectivity index is 2.06. The summed E-state index contributed by atoms with van der Waals surface area (Å²) in [4.78, 5) is 0. The molecule has 4 aromatic carbocycles. The minimum atomic E-state index is -2.71. The maximum Gasteiger partial charge on any atom is 0.159 e. The molecule has 5 heteroatoms. The van der Waals surface area contributed by atoms with Crippen molar-refractivity contribution in [3.63, 3.8) is 0 Å². The van der Waals surface area contributed by atoms with Crippen LogP contribution in [0.5, 0.6) is 0 Å². The van der Waals surface area contributed by atoms with Crippen molar-refractivity contribution < 1.29 is 0 Å². The Labute approximate surface area is 157 Å². The van der Waals surface area contributed by atoms with E-state index in [1.807, 2.05) is 53.2 Å². The van der Waals surface area contributed by atoms with Gasteiger partial charge in [-0.3, -0.25) is 9.83 Å². The zero-order valence-electron chi connectivity index (χ0n) is 13.4. The number of nitrogens with one attached hydrogen (secondary N) is 1. The van der Waals surface area contributed by atoms with Crippen LogP contribution < -0.4 is 4.67 Å². The van der Waals surface area contributed by atoms with Crippen LogP contribution >= 0.6 is 30.1 Å². The second-order valence-electron chi connectivity index (χ2n) is 5.88. The number of hydrogen-bond acceptors (Lipinski definition) is 1. The molecule has 0 saturated heterocycles. The topological polar surface area (TPSA) is 27.1 Å². The maximum atomic E-state index is 8.68. The predicted octanol–water partition coefficient (Wildman–Crippen LogP) is 7.52. The minimum absolute atomic E-state index is 0.961. The quantitative estimate of drug-likeness (QED) is 0.249. The van der Waals surface area contributed by atoms with Crippen LogP contribution in [0.25, 0.3) is 21.5 Å². The van der Waals surface area contributed by atoms with E-state index in [1.165, 1.54) is 0 Å². The molecule has 0 unspecified atom stereocenters. The fourth-order valence-corrected chi connectivity index (χ4v) is 5.32. The number of fused-ring (bicyclic) bond motifs is 2. The van der Waals surface area contributed by atoms with E-state index in [1.54, 1.807) is 0 Å². The van der Waals surface area contributed by atoms with Crippen molar-refractivity contribution in [1.82, 2.24) is 0 Å². The standard InChI is InChI=1S/C20H17N2PS2/c21-23(24,25)22(19-13-5-9-15-7-1-3-11-17(15)19)20-14-6-10-16-8-2-4-12-18(16)20/h1-14H,(H3,21,24,25). The van der Waals surface area contributed by atoms with E-state index in [2.05, 4.69) is 60.9 Å². The smallest absolute Gasteiger partial charge is 0.159 e. The second kappa shape index (κ2) is 6.45. The van der Waals surface area contributed by atoms with Gasteiger partial charge in [0, 0.05) is 10.8 Å². The van der Waals surface area contributed by atoms with E-state index in [4.69, 9.17) is 5.16 Å². The van der Waals surface area contributed by atoms with Crippen molar-refractivity contribution in [3.05, 3.63) is 84.9 Å². The molecule has 0 saturated carbocycles. The molecule has 0 atom stereocenters. The van der Waals surface area contributed by atoms with E-state index in [0.29, 0.717) is 0 Å². The summed E-state index contributed by atoms with van der Waals surface area (Å²) in [6.45, 7) is 0. The van der Waals surface area contributed by atoms with Gasteiger partial charge in [-0.05, 0) is 22.9 Å². The minimum Gasteiger partial charge on any atom is -0.291 e. The number of thiol groups is 2. The van der Waals surface area contributed by atoms with Gasteiger partial charge in [-0.15, -0.1) is 24.5 Å². The molecule has 0 spiro atoms. The van der Waals surface area contributed by atoms with Crippen molar-refractivity contribution in [3.8, 4) is 0 Å². The van der Waals surface area contributed by atoms with Gasteiger partial charge in [0.05, 0.1) is 11.4 Å². The Kier molecular flexibility index (Phi) is 4.28. The fourth-order valence-electron chi connectivity index (χ4n) is 3.22. The molecular weight excluding hydrogens is 363 g/mol. The number of hydrogen-bond donors (Lipinski definition) is 3. The molecule has 0 aromatic heterocycles. The Morgan fingerprint density at radius 2 is 1.00 bits per heavy atom. The lowest BCUT2D eigenvalue weighted by Gasteiger charge is -2.32. The van der Waals surface area contributed by atoms with Crippen LogP contribution in [0, 0.1) is 5.16 Å². The zero-order chi connectivity index (χ0) is 17.4. The van der Waals surface area contributed by atoms with Crippen LogP contribution in [0.4, 0.5) is 11.4 Å². The average molecular weight is 380 g/mol. The highest BCUT2D eigenvalue weighted by Crippen LogP contribution is 2.65. The van der Waals surface area contributed by atoms with E-state index in [0.717, 1.165) is 32.9 Å². The fraction of sp³-hybridized carbons (Fsp3) is 0. The lowest BCUT2D eigenvalue weighted by molar-refractivity contribution is 1.44. The lowest BCUT2D eigenvalue weighted by atomic mass is 10.1. The van der Waals surface area contributed by atoms with Gasteiger partial charge >= 0.3 is 0 Å². The molecule has 0 bridgehead atoms. The van der Waals surface area contributed by atoms with Crippen molar-refractivity contribution in [2.75, 3.05) is 4.67 Å². The molecule has 2 nitrogen and oxygen atoms in total.